The van der Waals surface area contributed by atoms with E-state index in [4.69, 9.17) is 9.97 Å². The van der Waals surface area contributed by atoms with Crippen molar-refractivity contribution < 1.29 is 0 Å². The quantitative estimate of drug-likeness (QED) is 0.218. The fourth-order valence-corrected chi connectivity index (χ4v) is 7.22. The van der Waals surface area contributed by atoms with Gasteiger partial charge in [-0.15, -0.1) is 0 Å². The predicted octanol–water partition coefficient (Wildman–Crippen LogP) is 10.5. The van der Waals surface area contributed by atoms with E-state index in [1.54, 1.807) is 0 Å². The summed E-state index contributed by atoms with van der Waals surface area (Å²) in [5.41, 5.74) is 10.7. The summed E-state index contributed by atoms with van der Waals surface area (Å²) in [6.07, 6.45) is 1.93. The fraction of sp³-hybridized carbons (Fsp3) is 0. The highest BCUT2D eigenvalue weighted by Crippen LogP contribution is 2.35. The molecule has 1 N–H and O–H groups in total. The third kappa shape index (κ3) is 3.90. The van der Waals surface area contributed by atoms with Crippen molar-refractivity contribution in [3.05, 3.63) is 158 Å². The van der Waals surface area contributed by atoms with Gasteiger partial charge in [0.2, 0.25) is 0 Å². The van der Waals surface area contributed by atoms with Gasteiger partial charge in [-0.05, 0) is 66.7 Å². The number of para-hydroxylation sites is 4. The van der Waals surface area contributed by atoms with Crippen LogP contribution in [0.25, 0.3) is 88.7 Å². The highest BCUT2D eigenvalue weighted by Gasteiger charge is 2.16. The van der Waals surface area contributed by atoms with Gasteiger partial charge in [0.05, 0.1) is 27.8 Å². The second-order valence-electron chi connectivity index (χ2n) is 12.0. The molecule has 5 nitrogen and oxygen atoms in total. The van der Waals surface area contributed by atoms with Crippen LogP contribution in [0.4, 0.5) is 0 Å². The molecular weight excluding hydrogens is 574 g/mol. The number of rotatable bonds is 4. The number of benzene rings is 6. The molecule has 5 heteroatoms. The summed E-state index contributed by atoms with van der Waals surface area (Å²) in [7, 11) is 0. The van der Waals surface area contributed by atoms with Crippen molar-refractivity contribution >= 4 is 54.6 Å². The van der Waals surface area contributed by atoms with E-state index in [1.165, 1.54) is 43.6 Å². The molecule has 0 bridgehead atoms. The highest BCUT2D eigenvalue weighted by molar-refractivity contribution is 6.10. The van der Waals surface area contributed by atoms with Gasteiger partial charge in [0.25, 0.3) is 0 Å². The first kappa shape index (κ1) is 25.8. The summed E-state index contributed by atoms with van der Waals surface area (Å²) >= 11 is 0. The molecule has 0 radical (unpaired) electrons. The zero-order chi connectivity index (χ0) is 30.9. The molecule has 6 aromatic carbocycles. The highest BCUT2D eigenvalue weighted by atomic mass is 15.0. The average Bonchev–Trinajstić information content (AvgIpc) is 3.84. The third-order valence-electron chi connectivity index (χ3n) is 9.36. The average molecular weight is 602 g/mol. The van der Waals surface area contributed by atoms with Crippen molar-refractivity contribution in [3.63, 3.8) is 0 Å². The van der Waals surface area contributed by atoms with Crippen LogP contribution in [0.5, 0.6) is 0 Å². The Bertz CT molecular complexity index is 2670. The Kier molecular flexibility index (Phi) is 5.51. The number of hydrogen-bond donors (Lipinski definition) is 1. The van der Waals surface area contributed by atoms with Gasteiger partial charge < -0.3 is 14.1 Å². The summed E-state index contributed by atoms with van der Waals surface area (Å²) in [5, 5.41) is 6.01. The number of H-pyrrole nitrogens is 1. The minimum Gasteiger partial charge on any atom is -0.346 e. The predicted molar refractivity (Wildman–Crippen MR) is 193 cm³/mol. The molecule has 0 atom stereocenters. The van der Waals surface area contributed by atoms with Crippen LogP contribution >= 0.6 is 0 Å². The van der Waals surface area contributed by atoms with E-state index in [0.29, 0.717) is 5.82 Å². The first-order valence-corrected chi connectivity index (χ1v) is 15.8. The molecule has 0 spiro atoms. The van der Waals surface area contributed by atoms with Crippen molar-refractivity contribution in [1.82, 2.24) is 24.1 Å². The van der Waals surface area contributed by atoms with Crippen LogP contribution in [0.3, 0.4) is 0 Å². The Labute approximate surface area is 270 Å². The topological polar surface area (TPSA) is 51.4 Å². The van der Waals surface area contributed by atoms with Crippen molar-refractivity contribution in [2.75, 3.05) is 0 Å². The van der Waals surface area contributed by atoms with Crippen molar-refractivity contribution in [3.8, 4) is 34.0 Å². The lowest BCUT2D eigenvalue weighted by Crippen LogP contribution is -1.97. The van der Waals surface area contributed by atoms with Crippen molar-refractivity contribution in [1.29, 1.82) is 0 Å². The van der Waals surface area contributed by atoms with E-state index in [1.807, 2.05) is 6.20 Å². The zero-order valence-corrected chi connectivity index (χ0v) is 25.3. The maximum absolute atomic E-state index is 5.15. The van der Waals surface area contributed by atoms with Crippen molar-refractivity contribution in [2.24, 2.45) is 0 Å². The lowest BCUT2D eigenvalue weighted by molar-refractivity contribution is 1.17. The molecule has 220 valence electrons. The normalized spacial score (nSPS) is 11.8. The van der Waals surface area contributed by atoms with E-state index >= 15 is 0 Å². The Morgan fingerprint density at radius 1 is 0.383 bits per heavy atom. The molecule has 47 heavy (non-hydrogen) atoms. The van der Waals surface area contributed by atoms with Gasteiger partial charge in [-0.3, -0.25) is 0 Å². The number of hydrogen-bond acceptors (Lipinski definition) is 2. The Morgan fingerprint density at radius 3 is 1.28 bits per heavy atom. The van der Waals surface area contributed by atoms with Crippen LogP contribution in [0.15, 0.2) is 158 Å². The maximum atomic E-state index is 5.15. The second kappa shape index (κ2) is 10.0. The van der Waals surface area contributed by atoms with E-state index in [-0.39, 0.29) is 0 Å². The van der Waals surface area contributed by atoms with Gasteiger partial charge in [-0.2, -0.15) is 0 Å². The number of fused-ring (bicyclic) bond motifs is 7. The van der Waals surface area contributed by atoms with Crippen LogP contribution in [0.1, 0.15) is 0 Å². The largest absolute Gasteiger partial charge is 0.346 e. The van der Waals surface area contributed by atoms with E-state index in [0.717, 1.165) is 39.2 Å². The number of aromatic nitrogens is 5. The van der Waals surface area contributed by atoms with Gasteiger partial charge >= 0.3 is 0 Å². The van der Waals surface area contributed by atoms with E-state index in [2.05, 4.69) is 166 Å². The monoisotopic (exact) mass is 601 g/mol. The fourth-order valence-electron chi connectivity index (χ4n) is 7.22. The molecule has 10 rings (SSSR count). The maximum Gasteiger partial charge on any atom is 0.162 e. The minimum absolute atomic E-state index is 0.690. The SMILES string of the molecule is c1ccc2c(c1)c1ccccc1n2-c1ccc(-c2nc(-c3ccc(-n4c5ccccc5c5ccccc54)cc3)c3cc[nH]c3n2)cc1. The van der Waals surface area contributed by atoms with Crippen LogP contribution in [-0.2, 0) is 0 Å². The van der Waals surface area contributed by atoms with Gasteiger partial charge in [0.15, 0.2) is 5.82 Å². The Morgan fingerprint density at radius 2 is 0.809 bits per heavy atom. The van der Waals surface area contributed by atoms with Crippen LogP contribution in [0.2, 0.25) is 0 Å². The number of aromatic amines is 1. The van der Waals surface area contributed by atoms with Gasteiger partial charge in [-0.25, -0.2) is 9.97 Å². The van der Waals surface area contributed by atoms with Gasteiger partial charge in [-0.1, -0.05) is 84.9 Å². The Hall–Kier alpha value is -6.46. The van der Waals surface area contributed by atoms with Gasteiger partial charge in [0.1, 0.15) is 5.65 Å². The van der Waals surface area contributed by atoms with E-state index < -0.39 is 0 Å². The van der Waals surface area contributed by atoms with E-state index in [9.17, 15) is 0 Å². The molecule has 0 aliphatic carbocycles. The Balaban J connectivity index is 1.06. The molecule has 0 fully saturated rings. The molecule has 4 heterocycles. The summed E-state index contributed by atoms with van der Waals surface area (Å²) < 4.78 is 4.66. The summed E-state index contributed by atoms with van der Waals surface area (Å²) in [6.45, 7) is 0. The molecule has 10 aromatic rings. The minimum atomic E-state index is 0.690. The first-order chi connectivity index (χ1) is 23.3. The molecule has 0 aliphatic heterocycles. The molecule has 0 amide bonds. The third-order valence-corrected chi connectivity index (χ3v) is 9.36. The standard InChI is InChI=1S/C42H27N5/c1-5-13-36-31(9-1)32-10-2-6-14-37(32)46(36)29-21-17-27(18-22-29)40-35-25-26-43-42(35)45-41(44-40)28-19-23-30(24-20-28)47-38-15-7-3-11-33(38)34-12-4-8-16-39(34)47/h1-26H,(H,43,44,45). The zero-order valence-electron chi connectivity index (χ0n) is 25.3. The summed E-state index contributed by atoms with van der Waals surface area (Å²) in [6, 6.07) is 53.7. The van der Waals surface area contributed by atoms with Crippen LogP contribution in [0, 0.1) is 0 Å². The number of nitrogens with zero attached hydrogens (tertiary/aromatic N) is 4. The first-order valence-electron chi connectivity index (χ1n) is 15.8. The number of nitrogens with one attached hydrogen (secondary N) is 1. The smallest absolute Gasteiger partial charge is 0.162 e. The second-order valence-corrected chi connectivity index (χ2v) is 12.0. The molecule has 0 saturated heterocycles. The molecule has 0 aliphatic rings. The molecular formula is C42H27N5. The van der Waals surface area contributed by atoms with Gasteiger partial charge in [0, 0.05) is 55.6 Å². The van der Waals surface area contributed by atoms with Crippen LogP contribution in [-0.4, -0.2) is 24.1 Å². The molecule has 0 unspecified atom stereocenters. The van der Waals surface area contributed by atoms with Crippen LogP contribution < -0.4 is 0 Å². The summed E-state index contributed by atoms with van der Waals surface area (Å²) in [4.78, 5) is 13.4. The molecule has 0 saturated carbocycles. The lowest BCUT2D eigenvalue weighted by Gasteiger charge is -2.11. The summed E-state index contributed by atoms with van der Waals surface area (Å²) in [5.74, 6) is 0.690. The molecule has 4 aromatic heterocycles. The van der Waals surface area contributed by atoms with Crippen molar-refractivity contribution in [2.45, 2.75) is 0 Å². The lowest BCUT2D eigenvalue weighted by atomic mass is 10.1.